The molecule has 1 fully saturated rings. The van der Waals surface area contributed by atoms with Crippen LogP contribution in [0.2, 0.25) is 0 Å². The second-order valence-corrected chi connectivity index (χ2v) is 9.07. The molecule has 37 heavy (non-hydrogen) atoms. The van der Waals surface area contributed by atoms with Crippen LogP contribution in [-0.4, -0.2) is 61.1 Å². The molecule has 0 saturated carbocycles. The molecule has 0 radical (unpaired) electrons. The normalized spacial score (nSPS) is 19.3. The molecule has 0 bridgehead atoms. The molecule has 0 aromatic heterocycles. The van der Waals surface area contributed by atoms with Gasteiger partial charge in [-0.25, -0.2) is 9.59 Å². The van der Waals surface area contributed by atoms with Gasteiger partial charge in [0.1, 0.15) is 18.0 Å². The number of hydrogen-bond donors (Lipinski definition) is 4. The number of nitro groups is 1. The van der Waals surface area contributed by atoms with E-state index in [2.05, 4.69) is 10.6 Å². The summed E-state index contributed by atoms with van der Waals surface area (Å²) in [4.78, 5) is 60.5. The van der Waals surface area contributed by atoms with Gasteiger partial charge in [-0.05, 0) is 23.3 Å². The third kappa shape index (κ3) is 5.39. The van der Waals surface area contributed by atoms with Crippen LogP contribution in [0, 0.1) is 10.1 Å². The summed E-state index contributed by atoms with van der Waals surface area (Å²) in [6.45, 7) is -0.226. The van der Waals surface area contributed by atoms with Gasteiger partial charge in [0.15, 0.2) is 11.8 Å². The van der Waals surface area contributed by atoms with E-state index in [9.17, 15) is 39.5 Å². The number of aliphatic carboxylic acids is 1. The lowest BCUT2D eigenvalue weighted by atomic mass is 10.0. The number of nitrogens with one attached hydrogen (secondary N) is 2. The molecule has 14 heteroatoms. The maximum absolute atomic E-state index is 12.7. The third-order valence-electron chi connectivity index (χ3n) is 5.60. The topological polar surface area (TPSA) is 188 Å². The number of alkyl carbamates (subject to hydrolysis) is 1. The number of rotatable bonds is 8. The second kappa shape index (κ2) is 10.7. The van der Waals surface area contributed by atoms with E-state index in [-0.39, 0.29) is 23.7 Å². The van der Waals surface area contributed by atoms with Crippen molar-refractivity contribution < 1.29 is 39.1 Å². The fourth-order valence-corrected chi connectivity index (χ4v) is 5.04. The van der Waals surface area contributed by atoms with Crippen LogP contribution in [0.1, 0.15) is 17.2 Å². The predicted molar refractivity (Wildman–Crippen MR) is 128 cm³/mol. The number of carboxylic acid groups (broad SMARTS) is 1. The quantitative estimate of drug-likeness (QED) is 0.220. The number of carbonyl (C=O) groups excluding carboxylic acids is 3. The molecule has 192 valence electrons. The number of aliphatic hydroxyl groups excluding tert-OH is 1. The van der Waals surface area contributed by atoms with E-state index in [4.69, 9.17) is 4.74 Å². The van der Waals surface area contributed by atoms with Crippen molar-refractivity contribution in [1.29, 1.82) is 0 Å². The molecule has 2 aliphatic heterocycles. The van der Waals surface area contributed by atoms with Crippen molar-refractivity contribution in [3.8, 4) is 0 Å². The minimum absolute atomic E-state index is 0.00365. The standard InChI is InChI=1S/C23H20N4O9S/c28-18(13-4-2-1-3-5-13)19(29)25-16-20(30)26-17(22(31)32)15(11-37-21(16)26)24-23(33)36-10-12-6-8-14(9-7-12)27(34)35/h1-9,16,18,21,28H,10-11H2,(H,24,33)(H,25,29)(H,31,32)/t16?,18?,21-/m1/s1. The van der Waals surface area contributed by atoms with Gasteiger partial charge in [-0.3, -0.25) is 29.9 Å². The summed E-state index contributed by atoms with van der Waals surface area (Å²) in [7, 11) is 0. The summed E-state index contributed by atoms with van der Waals surface area (Å²) in [6, 6.07) is 12.4. The highest BCUT2D eigenvalue weighted by Gasteiger charge is 2.54. The zero-order valence-corrected chi connectivity index (χ0v) is 19.7. The highest BCUT2D eigenvalue weighted by Crippen LogP contribution is 2.40. The van der Waals surface area contributed by atoms with Crippen molar-refractivity contribution in [1.82, 2.24) is 15.5 Å². The average Bonchev–Trinajstić information content (AvgIpc) is 2.90. The van der Waals surface area contributed by atoms with Gasteiger partial charge in [0, 0.05) is 17.9 Å². The minimum Gasteiger partial charge on any atom is -0.477 e. The first-order valence-electron chi connectivity index (χ1n) is 10.8. The molecular formula is C23H20N4O9S. The molecule has 0 spiro atoms. The van der Waals surface area contributed by atoms with E-state index >= 15 is 0 Å². The second-order valence-electron chi connectivity index (χ2n) is 7.97. The summed E-state index contributed by atoms with van der Waals surface area (Å²) >= 11 is 1.12. The number of carbonyl (C=O) groups is 4. The summed E-state index contributed by atoms with van der Waals surface area (Å²) in [5.74, 6) is -2.97. The molecule has 13 nitrogen and oxygen atoms in total. The minimum atomic E-state index is -1.51. The molecular weight excluding hydrogens is 508 g/mol. The smallest absolute Gasteiger partial charge is 0.411 e. The number of hydrogen-bond acceptors (Lipinski definition) is 9. The first-order valence-corrected chi connectivity index (χ1v) is 11.8. The van der Waals surface area contributed by atoms with Crippen LogP contribution in [0.3, 0.4) is 0 Å². The van der Waals surface area contributed by atoms with E-state index in [1.807, 2.05) is 0 Å². The summed E-state index contributed by atoms with van der Waals surface area (Å²) < 4.78 is 5.06. The molecule has 4 N–H and O–H groups in total. The van der Waals surface area contributed by atoms with Crippen LogP contribution in [-0.2, 0) is 25.7 Å². The van der Waals surface area contributed by atoms with Gasteiger partial charge in [0.25, 0.3) is 17.5 Å². The summed E-state index contributed by atoms with van der Waals surface area (Å²) in [5.41, 5.74) is 0.173. The van der Waals surface area contributed by atoms with Crippen molar-refractivity contribution in [2.24, 2.45) is 0 Å². The van der Waals surface area contributed by atoms with Gasteiger partial charge in [0.2, 0.25) is 0 Å². The third-order valence-corrected chi connectivity index (χ3v) is 6.88. The van der Waals surface area contributed by atoms with Crippen molar-refractivity contribution in [3.63, 3.8) is 0 Å². The van der Waals surface area contributed by atoms with Crippen LogP contribution in [0.4, 0.5) is 10.5 Å². The lowest BCUT2D eigenvalue weighted by Gasteiger charge is -2.49. The highest BCUT2D eigenvalue weighted by molar-refractivity contribution is 8.00. The number of nitrogens with zero attached hydrogens (tertiary/aromatic N) is 2. The Hall–Kier alpha value is -4.43. The number of thioether (sulfide) groups is 1. The van der Waals surface area contributed by atoms with Gasteiger partial charge in [-0.15, -0.1) is 11.8 Å². The van der Waals surface area contributed by atoms with E-state index in [1.165, 1.54) is 24.3 Å². The molecule has 2 heterocycles. The number of aliphatic hydroxyl groups is 1. The zero-order chi connectivity index (χ0) is 26.7. The Bertz CT molecular complexity index is 1280. The van der Waals surface area contributed by atoms with Gasteiger partial charge < -0.3 is 20.3 Å². The number of benzene rings is 2. The van der Waals surface area contributed by atoms with E-state index in [1.54, 1.807) is 30.3 Å². The predicted octanol–water partition coefficient (Wildman–Crippen LogP) is 1.25. The molecule has 3 amide bonds. The van der Waals surface area contributed by atoms with Crippen molar-refractivity contribution >= 4 is 41.3 Å². The van der Waals surface area contributed by atoms with Crippen LogP contribution < -0.4 is 10.6 Å². The number of β-lactam (4-membered cyclic amide) rings is 1. The lowest BCUT2D eigenvalue weighted by molar-refractivity contribution is -0.384. The van der Waals surface area contributed by atoms with Gasteiger partial charge in [-0.2, -0.15) is 0 Å². The van der Waals surface area contributed by atoms with Crippen LogP contribution in [0.15, 0.2) is 66.0 Å². The fourth-order valence-electron chi connectivity index (χ4n) is 3.76. The Kier molecular flexibility index (Phi) is 7.40. The monoisotopic (exact) mass is 528 g/mol. The lowest BCUT2D eigenvalue weighted by Crippen LogP contribution is -2.71. The van der Waals surface area contributed by atoms with Crippen LogP contribution >= 0.6 is 11.8 Å². The number of fused-ring (bicyclic) bond motifs is 1. The fraction of sp³-hybridized carbons (Fsp3) is 0.217. The van der Waals surface area contributed by atoms with Gasteiger partial charge >= 0.3 is 12.1 Å². The van der Waals surface area contributed by atoms with Crippen LogP contribution in [0.25, 0.3) is 0 Å². The SMILES string of the molecule is O=C(NC1=C(C(=O)O)N2C(=O)C(NC(=O)C(O)c3ccccc3)[C@H]2SC1)OCc1ccc([N+](=O)[O-])cc1. The molecule has 1 saturated heterocycles. The number of nitro benzene ring substituents is 1. The van der Waals surface area contributed by atoms with Crippen molar-refractivity contribution in [2.75, 3.05) is 5.75 Å². The molecule has 0 aliphatic carbocycles. The number of non-ortho nitro benzene ring substituents is 1. The van der Waals surface area contributed by atoms with Gasteiger partial charge in [-0.1, -0.05) is 30.3 Å². The maximum atomic E-state index is 12.7. The number of ether oxygens (including phenoxy) is 1. The average molecular weight is 528 g/mol. The maximum Gasteiger partial charge on any atom is 0.411 e. The van der Waals surface area contributed by atoms with Crippen LogP contribution in [0.5, 0.6) is 0 Å². The molecule has 2 unspecified atom stereocenters. The van der Waals surface area contributed by atoms with Gasteiger partial charge in [0.05, 0.1) is 10.6 Å². The Balaban J connectivity index is 1.39. The Morgan fingerprint density at radius 1 is 1.16 bits per heavy atom. The van der Waals surface area contributed by atoms with E-state index in [0.29, 0.717) is 11.1 Å². The first-order chi connectivity index (χ1) is 17.7. The largest absolute Gasteiger partial charge is 0.477 e. The molecule has 2 aromatic rings. The Morgan fingerprint density at radius 2 is 1.84 bits per heavy atom. The summed E-state index contributed by atoms with van der Waals surface area (Å²) in [5, 5.41) is 34.7. The molecule has 2 aromatic carbocycles. The number of carboxylic acids is 1. The molecule has 4 rings (SSSR count). The first kappa shape index (κ1) is 25.7. The van der Waals surface area contributed by atoms with Crippen molar-refractivity contribution in [3.05, 3.63) is 87.2 Å². The van der Waals surface area contributed by atoms with Crippen molar-refractivity contribution in [2.45, 2.75) is 24.1 Å². The zero-order valence-electron chi connectivity index (χ0n) is 18.9. The van der Waals surface area contributed by atoms with E-state index < -0.39 is 52.0 Å². The van der Waals surface area contributed by atoms with E-state index in [0.717, 1.165) is 16.7 Å². The molecule has 2 aliphatic rings. The molecule has 3 atom stereocenters. The highest BCUT2D eigenvalue weighted by atomic mass is 32.2. The summed E-state index contributed by atoms with van der Waals surface area (Å²) in [6.07, 6.45) is -2.48. The Morgan fingerprint density at radius 3 is 2.46 bits per heavy atom. The number of amides is 3. The Labute approximate surface area is 213 Å².